The highest BCUT2D eigenvalue weighted by atomic mass is 32.2. The second-order valence-electron chi connectivity index (χ2n) is 8.05. The zero-order valence-corrected chi connectivity index (χ0v) is 17.7. The van der Waals surface area contributed by atoms with Gasteiger partial charge in [-0.25, -0.2) is 8.42 Å². The van der Waals surface area contributed by atoms with E-state index in [1.165, 1.54) is 24.3 Å². The largest absolute Gasteiger partial charge is 0.416 e. The molecule has 0 aromatic heterocycles. The quantitative estimate of drug-likeness (QED) is 0.685. The van der Waals surface area contributed by atoms with Crippen molar-refractivity contribution in [1.82, 2.24) is 5.32 Å². The Labute approximate surface area is 179 Å². The molecule has 3 N–H and O–H groups in total. The van der Waals surface area contributed by atoms with Gasteiger partial charge in [0.25, 0.3) is 0 Å². The summed E-state index contributed by atoms with van der Waals surface area (Å²) in [7, 11) is -4.10. The maximum atomic E-state index is 12.9. The van der Waals surface area contributed by atoms with Gasteiger partial charge < -0.3 is 11.1 Å². The van der Waals surface area contributed by atoms with Gasteiger partial charge in [0, 0.05) is 18.5 Å². The fourth-order valence-electron chi connectivity index (χ4n) is 3.78. The Morgan fingerprint density at radius 1 is 1.00 bits per heavy atom. The Kier molecular flexibility index (Phi) is 6.76. The summed E-state index contributed by atoms with van der Waals surface area (Å²) in [5.41, 5.74) is 5.47. The molecule has 0 bridgehead atoms. The van der Waals surface area contributed by atoms with Crippen LogP contribution in [-0.4, -0.2) is 19.9 Å². The minimum absolute atomic E-state index is 0.120. The second-order valence-corrected chi connectivity index (χ2v) is 10.00. The molecule has 0 atom stereocenters. The lowest BCUT2D eigenvalue weighted by atomic mass is 9.80. The molecule has 2 aromatic carbocycles. The molecule has 1 amide bonds. The van der Waals surface area contributed by atoms with Gasteiger partial charge in [0.05, 0.1) is 15.4 Å². The Hall–Kier alpha value is -2.39. The SMILES string of the molecule is NC1(CC(=O)NCc2ccc(S(=O)(=O)c3cccc(C(F)(F)F)c3)cc2)CCCCC1. The molecule has 1 aliphatic carbocycles. The Morgan fingerprint density at radius 2 is 1.65 bits per heavy atom. The first-order chi connectivity index (χ1) is 14.5. The molecule has 0 radical (unpaired) electrons. The van der Waals surface area contributed by atoms with Crippen LogP contribution in [0.1, 0.15) is 49.7 Å². The third-order valence-electron chi connectivity index (χ3n) is 5.56. The first-order valence-corrected chi connectivity index (χ1v) is 11.5. The van der Waals surface area contributed by atoms with Crippen LogP contribution in [0, 0.1) is 0 Å². The third kappa shape index (κ3) is 5.86. The summed E-state index contributed by atoms with van der Waals surface area (Å²) in [5, 5.41) is 2.79. The predicted molar refractivity (Wildman–Crippen MR) is 110 cm³/mol. The number of rotatable bonds is 6. The number of sulfone groups is 1. The molecule has 0 saturated heterocycles. The number of nitrogens with one attached hydrogen (secondary N) is 1. The monoisotopic (exact) mass is 454 g/mol. The summed E-state index contributed by atoms with van der Waals surface area (Å²) in [5.74, 6) is -0.162. The molecular formula is C22H25F3N2O3S. The summed E-state index contributed by atoms with van der Waals surface area (Å²) < 4.78 is 64.1. The minimum atomic E-state index is -4.63. The molecule has 1 fully saturated rings. The van der Waals surface area contributed by atoms with Crippen molar-refractivity contribution < 1.29 is 26.4 Å². The number of nitrogens with two attached hydrogens (primary N) is 1. The zero-order valence-electron chi connectivity index (χ0n) is 16.9. The molecule has 3 rings (SSSR count). The van der Waals surface area contributed by atoms with Crippen LogP contribution in [0.3, 0.4) is 0 Å². The number of amides is 1. The molecule has 5 nitrogen and oxygen atoms in total. The van der Waals surface area contributed by atoms with E-state index in [1.54, 1.807) is 0 Å². The van der Waals surface area contributed by atoms with E-state index < -0.39 is 32.0 Å². The molecule has 0 heterocycles. The predicted octanol–water partition coefficient (Wildman–Crippen LogP) is 4.21. The van der Waals surface area contributed by atoms with Gasteiger partial charge in [-0.1, -0.05) is 37.5 Å². The van der Waals surface area contributed by atoms with Crippen LogP contribution < -0.4 is 11.1 Å². The lowest BCUT2D eigenvalue weighted by molar-refractivity contribution is -0.137. The lowest BCUT2D eigenvalue weighted by Crippen LogP contribution is -2.45. The number of halogens is 3. The molecule has 1 aliphatic rings. The van der Waals surface area contributed by atoms with Crippen LogP contribution in [0.2, 0.25) is 0 Å². The first kappa shape index (κ1) is 23.3. The molecule has 2 aromatic rings. The second kappa shape index (κ2) is 9.00. The summed E-state index contributed by atoms with van der Waals surface area (Å²) in [6.07, 6.45) is 0.431. The van der Waals surface area contributed by atoms with Gasteiger partial charge in [0.2, 0.25) is 15.7 Å². The number of alkyl halides is 3. The van der Waals surface area contributed by atoms with Crippen LogP contribution in [0.15, 0.2) is 58.3 Å². The first-order valence-electron chi connectivity index (χ1n) is 10.1. The summed E-state index contributed by atoms with van der Waals surface area (Å²) in [6.45, 7) is 0.207. The van der Waals surface area contributed by atoms with E-state index in [4.69, 9.17) is 5.73 Å². The highest BCUT2D eigenvalue weighted by molar-refractivity contribution is 7.91. The number of carbonyl (C=O) groups is 1. The van der Waals surface area contributed by atoms with E-state index in [0.29, 0.717) is 11.6 Å². The highest BCUT2D eigenvalue weighted by Gasteiger charge is 2.32. The van der Waals surface area contributed by atoms with Crippen LogP contribution >= 0.6 is 0 Å². The fraction of sp³-hybridized carbons (Fsp3) is 0.409. The van der Waals surface area contributed by atoms with Crippen LogP contribution in [0.4, 0.5) is 13.2 Å². The van der Waals surface area contributed by atoms with E-state index in [2.05, 4.69) is 5.32 Å². The van der Waals surface area contributed by atoms with E-state index in [-0.39, 0.29) is 23.8 Å². The van der Waals surface area contributed by atoms with Gasteiger partial charge in [-0.15, -0.1) is 0 Å². The maximum Gasteiger partial charge on any atom is 0.416 e. The van der Waals surface area contributed by atoms with Crippen molar-refractivity contribution in [3.05, 3.63) is 59.7 Å². The molecule has 1 saturated carbocycles. The van der Waals surface area contributed by atoms with Gasteiger partial charge in [-0.05, 0) is 48.7 Å². The maximum absolute atomic E-state index is 12.9. The normalized spacial score (nSPS) is 16.6. The zero-order chi connectivity index (χ0) is 22.7. The average molecular weight is 455 g/mol. The number of benzene rings is 2. The van der Waals surface area contributed by atoms with Crippen LogP contribution in [0.25, 0.3) is 0 Å². The Morgan fingerprint density at radius 3 is 2.26 bits per heavy atom. The van der Waals surface area contributed by atoms with Crippen molar-refractivity contribution in [2.24, 2.45) is 5.73 Å². The number of hydrogen-bond acceptors (Lipinski definition) is 4. The number of hydrogen-bond donors (Lipinski definition) is 2. The van der Waals surface area contributed by atoms with Crippen molar-refractivity contribution in [3.63, 3.8) is 0 Å². The molecule has 0 unspecified atom stereocenters. The number of carbonyl (C=O) groups excluding carboxylic acids is 1. The Balaban J connectivity index is 1.65. The van der Waals surface area contributed by atoms with Gasteiger partial charge in [-0.2, -0.15) is 13.2 Å². The molecule has 31 heavy (non-hydrogen) atoms. The van der Waals surface area contributed by atoms with Crippen LogP contribution in [0.5, 0.6) is 0 Å². The van der Waals surface area contributed by atoms with Crippen molar-refractivity contribution in [2.75, 3.05) is 0 Å². The third-order valence-corrected chi connectivity index (χ3v) is 7.32. The fourth-order valence-corrected chi connectivity index (χ4v) is 5.08. The topological polar surface area (TPSA) is 89.3 Å². The average Bonchev–Trinajstić information content (AvgIpc) is 2.72. The van der Waals surface area contributed by atoms with Gasteiger partial charge >= 0.3 is 6.18 Å². The van der Waals surface area contributed by atoms with Gasteiger partial charge in [0.1, 0.15) is 0 Å². The van der Waals surface area contributed by atoms with Crippen molar-refractivity contribution in [3.8, 4) is 0 Å². The van der Waals surface area contributed by atoms with Crippen molar-refractivity contribution in [1.29, 1.82) is 0 Å². The van der Waals surface area contributed by atoms with Crippen molar-refractivity contribution in [2.45, 2.75) is 66.6 Å². The standard InChI is InChI=1S/C22H25F3N2O3S/c23-22(24,25)17-5-4-6-19(13-17)31(29,30)18-9-7-16(8-10-18)15-27-20(28)14-21(26)11-2-1-3-12-21/h4-10,13H,1-3,11-12,14-15,26H2,(H,27,28). The summed E-state index contributed by atoms with van der Waals surface area (Å²) in [4.78, 5) is 11.7. The van der Waals surface area contributed by atoms with E-state index in [9.17, 15) is 26.4 Å². The van der Waals surface area contributed by atoms with E-state index >= 15 is 0 Å². The Bertz CT molecular complexity index is 1030. The van der Waals surface area contributed by atoms with Crippen LogP contribution in [-0.2, 0) is 27.4 Å². The smallest absolute Gasteiger partial charge is 0.352 e. The molecular weight excluding hydrogens is 429 g/mol. The van der Waals surface area contributed by atoms with Gasteiger partial charge in [0.15, 0.2) is 0 Å². The molecule has 0 aliphatic heterocycles. The lowest BCUT2D eigenvalue weighted by Gasteiger charge is -2.32. The van der Waals surface area contributed by atoms with E-state index in [0.717, 1.165) is 50.3 Å². The van der Waals surface area contributed by atoms with Crippen molar-refractivity contribution >= 4 is 15.7 Å². The minimum Gasteiger partial charge on any atom is -0.352 e. The van der Waals surface area contributed by atoms with E-state index in [1.807, 2.05) is 0 Å². The highest BCUT2D eigenvalue weighted by Crippen LogP contribution is 2.32. The molecule has 9 heteroatoms. The molecule has 0 spiro atoms. The molecule has 168 valence electrons. The summed E-state index contributed by atoms with van der Waals surface area (Å²) in [6, 6.07) is 9.34. The van der Waals surface area contributed by atoms with Gasteiger partial charge in [-0.3, -0.25) is 4.79 Å². The summed E-state index contributed by atoms with van der Waals surface area (Å²) >= 11 is 0.